The molecule has 0 spiro atoms. The lowest BCUT2D eigenvalue weighted by Gasteiger charge is -2.56. The SMILES string of the molecule is C.C.C=CC1CN2CCC1C[C@H]2[C@H](O)[C@]1(c2ccccc2)CCNc2ccc(OC)cc21.C=CC1CN2CCC1C[C@H]2[C@H](OC(=S)Oc1ccccc1)[C@]1(c2ccccc2)CCN(C(=S)Oc2ccccc2)c2ccc(OC)cc21.S=C(Cl)Oc1ccccc1. The van der Waals surface area contributed by atoms with E-state index >= 15 is 0 Å². The number of piperidine rings is 6. The summed E-state index contributed by atoms with van der Waals surface area (Å²) in [6.07, 6.45) is 9.30. The van der Waals surface area contributed by atoms with Crippen LogP contribution in [0.4, 0.5) is 11.4 Å². The number of hydrogen-bond acceptors (Lipinski definition) is 13. The van der Waals surface area contributed by atoms with E-state index in [4.69, 9.17) is 64.5 Å². The molecule has 8 aliphatic rings. The minimum atomic E-state index is -0.639. The number of aliphatic hydroxyl groups is 1. The van der Waals surface area contributed by atoms with Gasteiger partial charge in [-0.15, -0.1) is 13.2 Å². The summed E-state index contributed by atoms with van der Waals surface area (Å²) in [6.45, 7) is 13.7. The smallest absolute Gasteiger partial charge is 0.358 e. The van der Waals surface area contributed by atoms with Crippen LogP contribution in [0.3, 0.4) is 0 Å². The van der Waals surface area contributed by atoms with Crippen molar-refractivity contribution in [3.05, 3.63) is 236 Å². The second-order valence-electron chi connectivity index (χ2n) is 23.5. The molecule has 472 valence electrons. The van der Waals surface area contributed by atoms with Crippen LogP contribution in [0.2, 0.25) is 0 Å². The van der Waals surface area contributed by atoms with Crippen molar-refractivity contribution >= 4 is 74.6 Å². The fourth-order valence-electron chi connectivity index (χ4n) is 14.9. The summed E-state index contributed by atoms with van der Waals surface area (Å²) in [4.78, 5) is 7.20. The number of nitrogens with one attached hydrogen (secondary N) is 1. The Kier molecular flexibility index (Phi) is 23.0. The second kappa shape index (κ2) is 30.8. The number of anilines is 2. The largest absolute Gasteiger partial charge is 0.497 e. The third-order valence-corrected chi connectivity index (χ3v) is 19.8. The van der Waals surface area contributed by atoms with E-state index < -0.39 is 16.9 Å². The van der Waals surface area contributed by atoms with Crippen LogP contribution >= 0.6 is 48.3 Å². The van der Waals surface area contributed by atoms with Crippen LogP contribution < -0.4 is 33.9 Å². The molecule has 6 fully saturated rings. The number of halogens is 1. The summed E-state index contributed by atoms with van der Waals surface area (Å²) in [5.41, 5.74) is 5.49. The Morgan fingerprint density at radius 1 is 0.578 bits per heavy atom. The molecule has 0 radical (unpaired) electrons. The van der Waals surface area contributed by atoms with Gasteiger partial charge in [0.15, 0.2) is 0 Å². The summed E-state index contributed by atoms with van der Waals surface area (Å²) in [5, 5.41) is 16.2. The molecule has 4 bridgehead atoms. The van der Waals surface area contributed by atoms with Crippen molar-refractivity contribution in [2.24, 2.45) is 23.7 Å². The van der Waals surface area contributed by atoms with Gasteiger partial charge in [0.25, 0.3) is 9.68 Å². The Labute approximate surface area is 554 Å². The first-order chi connectivity index (χ1) is 43.0. The average Bonchev–Trinajstić information content (AvgIpc) is 0.728. The molecule has 6 unspecified atom stereocenters. The number of rotatable bonds is 14. The van der Waals surface area contributed by atoms with Gasteiger partial charge in [-0.2, -0.15) is 0 Å². The Bertz CT molecular complexity index is 3520. The fourth-order valence-corrected chi connectivity index (χ4v) is 15.5. The highest BCUT2D eigenvalue weighted by Crippen LogP contribution is 2.54. The molecule has 2 N–H and O–H groups in total. The topological polar surface area (TPSA) is 97.4 Å². The molecule has 7 aromatic rings. The number of hydrogen-bond donors (Lipinski definition) is 2. The predicted octanol–water partition coefficient (Wildman–Crippen LogP) is 16.1. The molecule has 8 heterocycles. The number of methoxy groups -OCH3 is 2. The van der Waals surface area contributed by atoms with Crippen LogP contribution in [-0.2, 0) is 15.6 Å². The lowest BCUT2D eigenvalue weighted by atomic mass is 9.61. The summed E-state index contributed by atoms with van der Waals surface area (Å²) in [5.74, 6) is 5.77. The van der Waals surface area contributed by atoms with Gasteiger partial charge < -0.3 is 43.7 Å². The van der Waals surface area contributed by atoms with Crippen molar-refractivity contribution in [1.29, 1.82) is 0 Å². The molecule has 0 amide bonds. The second-order valence-corrected chi connectivity index (χ2v) is 25.1. The van der Waals surface area contributed by atoms with Crippen molar-refractivity contribution in [3.8, 4) is 28.7 Å². The zero-order valence-corrected chi connectivity index (χ0v) is 53.1. The summed E-state index contributed by atoms with van der Waals surface area (Å²) >= 11 is 21.7. The highest BCUT2D eigenvalue weighted by atomic mass is 35.5. The van der Waals surface area contributed by atoms with Gasteiger partial charge in [0.2, 0.25) is 0 Å². The van der Waals surface area contributed by atoms with E-state index in [0.29, 0.717) is 59.1 Å². The van der Waals surface area contributed by atoms with Crippen molar-refractivity contribution in [1.82, 2.24) is 9.80 Å². The van der Waals surface area contributed by atoms with Gasteiger partial charge in [0, 0.05) is 61.9 Å². The Hall–Kier alpha value is -7.14. The van der Waals surface area contributed by atoms with Gasteiger partial charge in [-0.05, 0) is 206 Å². The van der Waals surface area contributed by atoms with E-state index in [9.17, 15) is 5.11 Å². The summed E-state index contributed by atoms with van der Waals surface area (Å²) < 4.78 is 35.9. The molecule has 0 saturated carbocycles. The third kappa shape index (κ3) is 14.3. The molecule has 6 saturated heterocycles. The first kappa shape index (κ1) is 67.3. The number of aliphatic hydroxyl groups excluding tert-OH is 1. The van der Waals surface area contributed by atoms with E-state index in [2.05, 4.69) is 142 Å². The van der Waals surface area contributed by atoms with Crippen molar-refractivity contribution < 1.29 is 33.5 Å². The molecule has 90 heavy (non-hydrogen) atoms. The van der Waals surface area contributed by atoms with Gasteiger partial charge in [-0.25, -0.2) is 0 Å². The van der Waals surface area contributed by atoms with Crippen LogP contribution in [0, 0.1) is 23.7 Å². The first-order valence-corrected chi connectivity index (χ1v) is 32.1. The molecule has 15 heteroatoms. The van der Waals surface area contributed by atoms with Gasteiger partial charge in [-0.3, -0.25) is 9.80 Å². The molecule has 0 aromatic heterocycles. The van der Waals surface area contributed by atoms with Crippen LogP contribution in [0.5, 0.6) is 28.7 Å². The molecule has 7 aromatic carbocycles. The van der Waals surface area contributed by atoms with E-state index in [0.717, 1.165) is 98.0 Å². The van der Waals surface area contributed by atoms with Crippen LogP contribution in [0.25, 0.3) is 0 Å². The van der Waals surface area contributed by atoms with E-state index in [1.165, 1.54) is 12.0 Å². The quantitative estimate of drug-likeness (QED) is 0.0614. The van der Waals surface area contributed by atoms with Crippen molar-refractivity contribution in [2.75, 3.05) is 63.7 Å². The fraction of sp³-hybridized carbons (Fsp3) is 0.347. The maximum Gasteiger partial charge on any atom is 0.358 e. The molecule has 8 aliphatic heterocycles. The van der Waals surface area contributed by atoms with Gasteiger partial charge in [0.05, 0.1) is 31.2 Å². The third-order valence-electron chi connectivity index (χ3n) is 19.1. The number of ether oxygens (including phenoxy) is 6. The van der Waals surface area contributed by atoms with Crippen molar-refractivity contribution in [3.63, 3.8) is 0 Å². The standard InChI is InChI=1S/C40H40N2O4S2.C26H32N2O2.C7H5ClOS.2CH4/c1-3-28-27-41-23-21-29(28)25-36(41)37(46-39(48)45-32-17-11-6-12-18-32)40(30-13-7-4-8-14-30)22-24-42(35-20-19-33(43-2)26-34(35)40)38(47)44-31-15-9-5-10-16-31;1-3-18-17-28-14-11-19(18)15-24(28)25(29)26(20-7-5-4-6-8-20)12-13-27-23-10-9-21(30-2)16-22(23)26;8-7(10)9-6-4-2-1-3-5-6;;/h3-20,26,28-29,36-37H,1,21-25,27H2,2H3;3-10,16,18-19,24-25,27,29H,1,11-15,17H2,2H3;1-5H;2*1H4/t28?,29?,36-,37-,40-;18?,19?,24-,25-,26-;;;/m00.../s1. The van der Waals surface area contributed by atoms with Crippen LogP contribution in [0.1, 0.15) is 75.6 Å². The molecule has 12 atom stereocenters. The Balaban J connectivity index is 0.000000194. The molecule has 15 rings (SSSR count). The first-order valence-electron chi connectivity index (χ1n) is 30.5. The van der Waals surface area contributed by atoms with E-state index in [-0.39, 0.29) is 42.8 Å². The van der Waals surface area contributed by atoms with Crippen molar-refractivity contribution in [2.45, 2.75) is 88.5 Å². The zero-order chi connectivity index (χ0) is 61.2. The average molecular weight is 1290 g/mol. The van der Waals surface area contributed by atoms with Crippen LogP contribution in [0.15, 0.2) is 213 Å². The predicted molar refractivity (Wildman–Crippen MR) is 378 cm³/mol. The van der Waals surface area contributed by atoms with Gasteiger partial charge in [0.1, 0.15) is 34.9 Å². The number of para-hydroxylation sites is 3. The number of fused-ring (bicyclic) bond motifs is 8. The normalized spacial score (nSPS) is 25.4. The minimum absolute atomic E-state index is 0. The molecular formula is C75H85ClN4O7S3. The summed E-state index contributed by atoms with van der Waals surface area (Å²) in [6, 6.07) is 62.4. The maximum absolute atomic E-state index is 12.2. The minimum Gasteiger partial charge on any atom is -0.497 e. The molecule has 11 nitrogen and oxygen atoms in total. The van der Waals surface area contributed by atoms with Gasteiger partial charge in [-0.1, -0.05) is 142 Å². The summed E-state index contributed by atoms with van der Waals surface area (Å²) in [7, 11) is 3.41. The zero-order valence-electron chi connectivity index (χ0n) is 49.9. The number of benzene rings is 7. The molecular weight excluding hydrogens is 1200 g/mol. The monoisotopic (exact) mass is 1280 g/mol. The van der Waals surface area contributed by atoms with Gasteiger partial charge >= 0.3 is 5.24 Å². The van der Waals surface area contributed by atoms with E-state index in [1.54, 1.807) is 26.4 Å². The Morgan fingerprint density at radius 2 is 1.06 bits per heavy atom. The lowest BCUT2D eigenvalue weighted by Crippen LogP contribution is -2.64. The lowest BCUT2D eigenvalue weighted by molar-refractivity contribution is -0.0669. The number of nitrogens with zero attached hydrogens (tertiary/aromatic N) is 3. The Morgan fingerprint density at radius 3 is 1.56 bits per heavy atom. The highest BCUT2D eigenvalue weighted by Gasteiger charge is 2.57. The maximum atomic E-state index is 12.2. The molecule has 0 aliphatic carbocycles. The van der Waals surface area contributed by atoms with E-state index in [1.807, 2.05) is 91.0 Å². The number of thiocarbonyl (C=S) groups is 3. The van der Waals surface area contributed by atoms with Crippen LogP contribution in [-0.4, -0.2) is 108 Å². The highest BCUT2D eigenvalue weighted by molar-refractivity contribution is 7.82.